The maximum Gasteiger partial charge on any atom is 0.263 e. The van der Waals surface area contributed by atoms with E-state index in [4.69, 9.17) is 0 Å². The van der Waals surface area contributed by atoms with Gasteiger partial charge in [0, 0.05) is 11.3 Å². The second kappa shape index (κ2) is 7.44. The standard InChI is InChI=1S/C15H20N6O/c1-4-13(11(2)3)16-17-14(22)10-21-19-15(18-20-21)12-8-6-5-7-9-12/h5-9,11H,4,10H2,1-3H3,(H,17,22)/b16-13-. The molecule has 0 aliphatic rings. The Hall–Kier alpha value is -2.57. The van der Waals surface area contributed by atoms with Crippen molar-refractivity contribution in [2.45, 2.75) is 33.7 Å². The molecule has 1 heterocycles. The van der Waals surface area contributed by atoms with Crippen molar-refractivity contribution < 1.29 is 4.79 Å². The summed E-state index contributed by atoms with van der Waals surface area (Å²) in [6.07, 6.45) is 0.803. The fraction of sp³-hybridized carbons (Fsp3) is 0.400. The molecule has 22 heavy (non-hydrogen) atoms. The maximum atomic E-state index is 11.9. The first-order valence-electron chi connectivity index (χ1n) is 7.28. The number of nitrogens with zero attached hydrogens (tertiary/aromatic N) is 5. The summed E-state index contributed by atoms with van der Waals surface area (Å²) in [5.41, 5.74) is 4.34. The summed E-state index contributed by atoms with van der Waals surface area (Å²) in [5, 5.41) is 16.1. The third kappa shape index (κ3) is 4.21. The number of nitrogens with one attached hydrogen (secondary N) is 1. The molecular weight excluding hydrogens is 280 g/mol. The average molecular weight is 300 g/mol. The molecule has 2 rings (SSSR count). The van der Waals surface area contributed by atoms with Crippen molar-refractivity contribution in [3.63, 3.8) is 0 Å². The van der Waals surface area contributed by atoms with Crippen LogP contribution < -0.4 is 5.43 Å². The van der Waals surface area contributed by atoms with Crippen LogP contribution in [0.4, 0.5) is 0 Å². The van der Waals surface area contributed by atoms with E-state index in [-0.39, 0.29) is 12.5 Å². The molecule has 0 atom stereocenters. The van der Waals surface area contributed by atoms with Gasteiger partial charge in [-0.05, 0) is 17.6 Å². The van der Waals surface area contributed by atoms with Gasteiger partial charge < -0.3 is 0 Å². The molecule has 0 aliphatic heterocycles. The molecule has 7 heteroatoms. The monoisotopic (exact) mass is 300 g/mol. The van der Waals surface area contributed by atoms with E-state index in [9.17, 15) is 4.79 Å². The Kier molecular flexibility index (Phi) is 5.35. The molecule has 0 saturated carbocycles. The first-order chi connectivity index (χ1) is 10.6. The number of aromatic nitrogens is 4. The van der Waals surface area contributed by atoms with Crippen LogP contribution in [0.25, 0.3) is 11.4 Å². The van der Waals surface area contributed by atoms with Crippen molar-refractivity contribution in [1.82, 2.24) is 25.6 Å². The Balaban J connectivity index is 1.97. The van der Waals surface area contributed by atoms with E-state index in [1.165, 1.54) is 4.80 Å². The van der Waals surface area contributed by atoms with Gasteiger partial charge in [0.2, 0.25) is 5.82 Å². The molecule has 0 bridgehead atoms. The van der Waals surface area contributed by atoms with E-state index in [1.807, 2.05) is 51.1 Å². The van der Waals surface area contributed by atoms with Crippen LogP contribution in [0.3, 0.4) is 0 Å². The lowest BCUT2D eigenvalue weighted by Crippen LogP contribution is -2.26. The largest absolute Gasteiger partial charge is 0.271 e. The van der Waals surface area contributed by atoms with Gasteiger partial charge in [0.15, 0.2) is 0 Å². The molecule has 2 aromatic rings. The Labute approximate surface area is 129 Å². The van der Waals surface area contributed by atoms with E-state index >= 15 is 0 Å². The zero-order valence-corrected chi connectivity index (χ0v) is 13.0. The molecule has 0 unspecified atom stereocenters. The summed E-state index contributed by atoms with van der Waals surface area (Å²) in [5.74, 6) is 0.524. The van der Waals surface area contributed by atoms with Gasteiger partial charge in [-0.3, -0.25) is 4.79 Å². The predicted octanol–water partition coefficient (Wildman–Crippen LogP) is 1.88. The van der Waals surface area contributed by atoms with E-state index < -0.39 is 0 Å². The number of hydrogen-bond donors (Lipinski definition) is 1. The van der Waals surface area contributed by atoms with Crippen molar-refractivity contribution in [3.05, 3.63) is 30.3 Å². The second-order valence-electron chi connectivity index (χ2n) is 5.16. The third-order valence-corrected chi connectivity index (χ3v) is 3.12. The van der Waals surface area contributed by atoms with Gasteiger partial charge in [-0.1, -0.05) is 51.1 Å². The molecule has 1 aromatic heterocycles. The number of amides is 1. The highest BCUT2D eigenvalue weighted by molar-refractivity contribution is 5.87. The zero-order valence-electron chi connectivity index (χ0n) is 13.0. The number of rotatable bonds is 6. The lowest BCUT2D eigenvalue weighted by molar-refractivity contribution is -0.122. The fourth-order valence-corrected chi connectivity index (χ4v) is 1.93. The number of carbonyl (C=O) groups excluding carboxylic acids is 1. The molecule has 0 aliphatic carbocycles. The normalized spacial score (nSPS) is 11.7. The van der Waals surface area contributed by atoms with Gasteiger partial charge in [-0.25, -0.2) is 5.43 Å². The Morgan fingerprint density at radius 2 is 2.05 bits per heavy atom. The van der Waals surface area contributed by atoms with Gasteiger partial charge in [0.1, 0.15) is 6.54 Å². The smallest absolute Gasteiger partial charge is 0.263 e. The topological polar surface area (TPSA) is 85.1 Å². The molecule has 0 radical (unpaired) electrons. The quantitative estimate of drug-likeness (QED) is 0.652. The number of hydrazone groups is 1. The van der Waals surface area contributed by atoms with Crippen LogP contribution in [-0.2, 0) is 11.3 Å². The molecular formula is C15H20N6O. The van der Waals surface area contributed by atoms with E-state index in [0.717, 1.165) is 17.7 Å². The van der Waals surface area contributed by atoms with Gasteiger partial charge >= 0.3 is 0 Å². The third-order valence-electron chi connectivity index (χ3n) is 3.12. The number of benzene rings is 1. The Morgan fingerprint density at radius 3 is 2.68 bits per heavy atom. The van der Waals surface area contributed by atoms with Crippen LogP contribution in [0.2, 0.25) is 0 Å². The van der Waals surface area contributed by atoms with Gasteiger partial charge in [0.05, 0.1) is 0 Å². The number of carbonyl (C=O) groups is 1. The first-order valence-corrected chi connectivity index (χ1v) is 7.28. The average Bonchev–Trinajstić information content (AvgIpc) is 2.97. The Morgan fingerprint density at radius 1 is 1.32 bits per heavy atom. The minimum Gasteiger partial charge on any atom is -0.271 e. The van der Waals surface area contributed by atoms with Crippen LogP contribution in [0.5, 0.6) is 0 Å². The van der Waals surface area contributed by atoms with Crippen LogP contribution in [0.1, 0.15) is 27.2 Å². The van der Waals surface area contributed by atoms with Crippen LogP contribution in [0, 0.1) is 5.92 Å². The predicted molar refractivity (Wildman–Crippen MR) is 84.0 cm³/mol. The molecule has 0 saturated heterocycles. The van der Waals surface area contributed by atoms with Crippen LogP contribution in [-0.4, -0.2) is 31.8 Å². The Bertz CT molecular complexity index is 647. The van der Waals surface area contributed by atoms with Crippen LogP contribution in [0.15, 0.2) is 35.4 Å². The lowest BCUT2D eigenvalue weighted by atomic mass is 10.1. The number of tetrazole rings is 1. The zero-order chi connectivity index (χ0) is 15.9. The van der Waals surface area contributed by atoms with Gasteiger partial charge in [0.25, 0.3) is 5.91 Å². The fourth-order valence-electron chi connectivity index (χ4n) is 1.93. The van der Waals surface area contributed by atoms with E-state index in [0.29, 0.717) is 11.7 Å². The maximum absolute atomic E-state index is 11.9. The summed E-state index contributed by atoms with van der Waals surface area (Å²) in [6, 6.07) is 9.49. The highest BCUT2D eigenvalue weighted by atomic mass is 16.2. The summed E-state index contributed by atoms with van der Waals surface area (Å²) < 4.78 is 0. The van der Waals surface area contributed by atoms with Crippen molar-refractivity contribution >= 4 is 11.6 Å². The van der Waals surface area contributed by atoms with Crippen molar-refractivity contribution in [2.75, 3.05) is 0 Å². The highest BCUT2D eigenvalue weighted by Crippen LogP contribution is 2.11. The second-order valence-corrected chi connectivity index (χ2v) is 5.16. The van der Waals surface area contributed by atoms with Crippen LogP contribution >= 0.6 is 0 Å². The molecule has 116 valence electrons. The minimum atomic E-state index is -0.274. The van der Waals surface area contributed by atoms with Crippen molar-refractivity contribution in [2.24, 2.45) is 11.0 Å². The molecule has 1 aromatic carbocycles. The summed E-state index contributed by atoms with van der Waals surface area (Å²) >= 11 is 0. The highest BCUT2D eigenvalue weighted by Gasteiger charge is 2.09. The molecule has 0 spiro atoms. The summed E-state index contributed by atoms with van der Waals surface area (Å²) in [6.45, 7) is 6.08. The summed E-state index contributed by atoms with van der Waals surface area (Å²) in [7, 11) is 0. The molecule has 7 nitrogen and oxygen atoms in total. The van der Waals surface area contributed by atoms with Gasteiger partial charge in [-0.15, -0.1) is 10.2 Å². The first kappa shape index (κ1) is 15.8. The molecule has 0 fully saturated rings. The van der Waals surface area contributed by atoms with Crippen molar-refractivity contribution in [3.8, 4) is 11.4 Å². The van der Waals surface area contributed by atoms with E-state index in [1.54, 1.807) is 0 Å². The van der Waals surface area contributed by atoms with E-state index in [2.05, 4.69) is 25.9 Å². The summed E-state index contributed by atoms with van der Waals surface area (Å²) in [4.78, 5) is 13.1. The number of hydrogen-bond acceptors (Lipinski definition) is 5. The SMILES string of the molecule is CC/C(=N/NC(=O)Cn1nnc(-c2ccccc2)n1)C(C)C. The van der Waals surface area contributed by atoms with Crippen molar-refractivity contribution in [1.29, 1.82) is 0 Å². The minimum absolute atomic E-state index is 0.0155. The molecule has 1 amide bonds. The lowest BCUT2D eigenvalue weighted by Gasteiger charge is -2.07. The van der Waals surface area contributed by atoms with Gasteiger partial charge in [-0.2, -0.15) is 9.90 Å². The molecule has 1 N–H and O–H groups in total.